The number of hydrogen-bond acceptors (Lipinski definition) is 12. The number of furan rings is 2. The van der Waals surface area contributed by atoms with Crippen LogP contribution in [0.2, 0.25) is 0 Å². The highest BCUT2D eigenvalue weighted by atomic mass is 16.6. The van der Waals surface area contributed by atoms with Crippen LogP contribution in [0.1, 0.15) is 34.5 Å². The molecule has 29 heavy (non-hydrogen) atoms. The predicted octanol–water partition coefficient (Wildman–Crippen LogP) is 1.85. The summed E-state index contributed by atoms with van der Waals surface area (Å²) in [7, 11) is 0. The van der Waals surface area contributed by atoms with Gasteiger partial charge in [0.2, 0.25) is 11.5 Å². The van der Waals surface area contributed by atoms with Gasteiger partial charge < -0.3 is 18.3 Å². The molecule has 0 bridgehead atoms. The predicted molar refractivity (Wildman–Crippen MR) is 86.6 cm³/mol. The number of nitrogens with zero attached hydrogens (tertiary/aromatic N) is 2. The van der Waals surface area contributed by atoms with E-state index in [1.165, 1.54) is 6.92 Å². The summed E-state index contributed by atoms with van der Waals surface area (Å²) < 4.78 is 18.9. The van der Waals surface area contributed by atoms with Crippen LogP contribution >= 0.6 is 0 Å². The molecule has 0 saturated carbocycles. The van der Waals surface area contributed by atoms with Crippen LogP contribution in [0.4, 0.5) is 11.4 Å². The van der Waals surface area contributed by atoms with E-state index in [0.717, 1.165) is 6.07 Å². The van der Waals surface area contributed by atoms with E-state index in [2.05, 4.69) is 0 Å². The molecule has 2 rings (SSSR count). The van der Waals surface area contributed by atoms with Crippen LogP contribution < -0.4 is 9.47 Å². The van der Waals surface area contributed by atoms with Gasteiger partial charge in [0.1, 0.15) is 12.1 Å². The third kappa shape index (κ3) is 4.88. The minimum Gasteiger partial charge on any atom is -0.415 e. The molecule has 2 aromatic rings. The van der Waals surface area contributed by atoms with Crippen molar-refractivity contribution < 1.29 is 47.3 Å². The van der Waals surface area contributed by atoms with Gasteiger partial charge in [0.25, 0.3) is 11.9 Å². The first-order valence-corrected chi connectivity index (χ1v) is 7.55. The minimum absolute atomic E-state index is 0.0611. The Morgan fingerprint density at radius 2 is 1.45 bits per heavy atom. The third-order valence-corrected chi connectivity index (χ3v) is 3.33. The number of ether oxygens (including phenoxy) is 2. The van der Waals surface area contributed by atoms with Gasteiger partial charge in [-0.3, -0.25) is 39.4 Å². The maximum absolute atomic E-state index is 12.0. The zero-order valence-corrected chi connectivity index (χ0v) is 14.4. The standard InChI is InChI=1S/C15H10N2O12/c1-7(15(21)29-14-4-9(17(24)25)11(6-19)27-14)2-12(20)28-13-3-8(16(22)23)10(5-18)26-13/h3-7H,2H2,1H3. The third-order valence-electron chi connectivity index (χ3n) is 3.33. The molecule has 0 radical (unpaired) electrons. The van der Waals surface area contributed by atoms with Crippen LogP contribution in [0.3, 0.4) is 0 Å². The second kappa shape index (κ2) is 8.55. The Hall–Kier alpha value is -4.36. The molecule has 1 unspecified atom stereocenters. The van der Waals surface area contributed by atoms with Gasteiger partial charge in [-0.2, -0.15) is 0 Å². The molecule has 0 saturated heterocycles. The minimum atomic E-state index is -1.14. The largest absolute Gasteiger partial charge is 0.415 e. The average Bonchev–Trinajstić information content (AvgIpc) is 3.25. The summed E-state index contributed by atoms with van der Waals surface area (Å²) in [5, 5.41) is 21.5. The van der Waals surface area contributed by atoms with Crippen molar-refractivity contribution in [3.63, 3.8) is 0 Å². The smallest absolute Gasteiger partial charge is 0.322 e. The molecule has 14 heteroatoms. The van der Waals surface area contributed by atoms with Crippen LogP contribution in [0.25, 0.3) is 0 Å². The Morgan fingerprint density at radius 3 is 1.83 bits per heavy atom. The molecule has 0 aliphatic heterocycles. The van der Waals surface area contributed by atoms with Crippen LogP contribution in [0, 0.1) is 26.1 Å². The summed E-state index contributed by atoms with van der Waals surface area (Å²) in [6, 6.07) is 1.43. The Balaban J connectivity index is 2.00. The van der Waals surface area contributed by atoms with E-state index in [9.17, 15) is 39.4 Å². The van der Waals surface area contributed by atoms with Crippen molar-refractivity contribution in [2.24, 2.45) is 5.92 Å². The highest BCUT2D eigenvalue weighted by molar-refractivity contribution is 5.83. The summed E-state index contributed by atoms with van der Waals surface area (Å²) in [6.45, 7) is 1.25. The topological polar surface area (TPSA) is 199 Å². The van der Waals surface area contributed by atoms with Crippen molar-refractivity contribution >= 4 is 35.9 Å². The van der Waals surface area contributed by atoms with Crippen molar-refractivity contribution in [1.82, 2.24) is 0 Å². The quantitative estimate of drug-likeness (QED) is 0.252. The average molecular weight is 410 g/mol. The first kappa shape index (κ1) is 20.9. The van der Waals surface area contributed by atoms with Crippen molar-refractivity contribution in [3.05, 3.63) is 43.9 Å². The molecular formula is C15H10N2O12. The molecule has 0 N–H and O–H groups in total. The van der Waals surface area contributed by atoms with Crippen LogP contribution in [-0.4, -0.2) is 34.4 Å². The van der Waals surface area contributed by atoms with Gasteiger partial charge in [0, 0.05) is 0 Å². The summed E-state index contributed by atoms with van der Waals surface area (Å²) in [5.41, 5.74) is -1.42. The Morgan fingerprint density at radius 1 is 1.00 bits per heavy atom. The number of carbonyl (C=O) groups excluding carboxylic acids is 4. The van der Waals surface area contributed by atoms with Crippen molar-refractivity contribution in [1.29, 1.82) is 0 Å². The molecule has 1 atom stereocenters. The van der Waals surface area contributed by atoms with Gasteiger partial charge in [-0.25, -0.2) is 0 Å². The van der Waals surface area contributed by atoms with Crippen LogP contribution in [0.15, 0.2) is 21.0 Å². The highest BCUT2D eigenvalue weighted by Crippen LogP contribution is 2.29. The monoisotopic (exact) mass is 410 g/mol. The molecular weight excluding hydrogens is 400 g/mol. The van der Waals surface area contributed by atoms with E-state index >= 15 is 0 Å². The Kier molecular flexibility index (Phi) is 6.18. The molecule has 2 heterocycles. The lowest BCUT2D eigenvalue weighted by atomic mass is 10.1. The van der Waals surface area contributed by atoms with Crippen molar-refractivity contribution in [2.45, 2.75) is 13.3 Å². The molecule has 152 valence electrons. The molecule has 0 aliphatic rings. The van der Waals surface area contributed by atoms with Crippen molar-refractivity contribution in [3.8, 4) is 11.9 Å². The molecule has 0 amide bonds. The van der Waals surface area contributed by atoms with E-state index in [4.69, 9.17) is 18.3 Å². The van der Waals surface area contributed by atoms with Crippen molar-refractivity contribution in [2.75, 3.05) is 0 Å². The summed E-state index contributed by atoms with van der Waals surface area (Å²) >= 11 is 0. The van der Waals surface area contributed by atoms with Gasteiger partial charge in [-0.05, 0) is 0 Å². The maximum Gasteiger partial charge on any atom is 0.322 e. The van der Waals surface area contributed by atoms with Gasteiger partial charge in [-0.15, -0.1) is 0 Å². The number of esters is 2. The zero-order valence-electron chi connectivity index (χ0n) is 14.4. The van der Waals surface area contributed by atoms with E-state index < -0.39 is 68.9 Å². The highest BCUT2D eigenvalue weighted by Gasteiger charge is 2.27. The first-order valence-electron chi connectivity index (χ1n) is 7.55. The fourth-order valence-electron chi connectivity index (χ4n) is 1.99. The van der Waals surface area contributed by atoms with E-state index in [1.54, 1.807) is 0 Å². The molecule has 0 spiro atoms. The molecule has 2 aromatic heterocycles. The fourth-order valence-corrected chi connectivity index (χ4v) is 1.99. The maximum atomic E-state index is 12.0. The second-order valence-electron chi connectivity index (χ2n) is 5.38. The molecule has 0 aromatic carbocycles. The lowest BCUT2D eigenvalue weighted by Gasteiger charge is -2.08. The fraction of sp³-hybridized carbons (Fsp3) is 0.200. The Labute approximate surface area is 159 Å². The normalized spacial score (nSPS) is 11.3. The SMILES string of the molecule is CC(CC(=O)Oc1cc([N+](=O)[O-])c(C=O)o1)C(=O)Oc1cc([N+](=O)[O-])c(C=O)o1. The number of hydrogen-bond donors (Lipinski definition) is 0. The summed E-state index contributed by atoms with van der Waals surface area (Å²) in [6.07, 6.45) is -0.453. The first-order chi connectivity index (χ1) is 13.7. The van der Waals surface area contributed by atoms with E-state index in [-0.39, 0.29) is 12.6 Å². The van der Waals surface area contributed by atoms with E-state index in [1.807, 2.05) is 0 Å². The number of aldehydes is 2. The molecule has 0 aliphatic carbocycles. The van der Waals surface area contributed by atoms with Gasteiger partial charge >= 0.3 is 23.3 Å². The van der Waals surface area contributed by atoms with E-state index in [0.29, 0.717) is 6.07 Å². The lowest BCUT2D eigenvalue weighted by Crippen LogP contribution is -2.22. The second-order valence-corrected chi connectivity index (χ2v) is 5.38. The number of nitro groups is 2. The zero-order chi connectivity index (χ0) is 21.7. The van der Waals surface area contributed by atoms with Gasteiger partial charge in [0.05, 0.1) is 22.2 Å². The molecule has 14 nitrogen and oxygen atoms in total. The Bertz CT molecular complexity index is 1000. The van der Waals surface area contributed by atoms with Gasteiger partial charge in [-0.1, -0.05) is 6.92 Å². The summed E-state index contributed by atoms with van der Waals surface area (Å²) in [5.74, 6) is -5.78. The number of rotatable bonds is 9. The van der Waals surface area contributed by atoms with Crippen LogP contribution in [0.5, 0.6) is 11.9 Å². The molecule has 0 fully saturated rings. The van der Waals surface area contributed by atoms with Gasteiger partial charge in [0.15, 0.2) is 12.6 Å². The summed E-state index contributed by atoms with van der Waals surface area (Å²) in [4.78, 5) is 64.8. The number of carbonyl (C=O) groups is 4. The lowest BCUT2D eigenvalue weighted by molar-refractivity contribution is -0.385. The van der Waals surface area contributed by atoms with Crippen LogP contribution in [-0.2, 0) is 9.59 Å².